The first-order chi connectivity index (χ1) is 20.7. The number of pyridine rings is 2. The molecule has 0 radical (unpaired) electrons. The molecule has 0 bridgehead atoms. The van der Waals surface area contributed by atoms with Crippen molar-refractivity contribution in [3.05, 3.63) is 77.0 Å². The molecule has 3 heterocycles. The van der Waals surface area contributed by atoms with Gasteiger partial charge >= 0.3 is 6.09 Å². The van der Waals surface area contributed by atoms with Crippen molar-refractivity contribution in [3.8, 4) is 11.3 Å². The summed E-state index contributed by atoms with van der Waals surface area (Å²) in [5, 5.41) is 27.9. The van der Waals surface area contributed by atoms with E-state index in [0.717, 1.165) is 22.4 Å². The predicted molar refractivity (Wildman–Crippen MR) is 170 cm³/mol. The lowest BCUT2D eigenvalue weighted by molar-refractivity contribution is 0.0303. The number of alkyl carbamates (subject to hydrolysis) is 1. The number of aryl methyl sites for hydroxylation is 2. The molecule has 1 aromatic carbocycles. The van der Waals surface area contributed by atoms with Gasteiger partial charge in [-0.15, -0.1) is 0 Å². The lowest BCUT2D eigenvalue weighted by Crippen LogP contribution is -2.59. The van der Waals surface area contributed by atoms with Gasteiger partial charge in [0.2, 0.25) is 0 Å². The smallest absolute Gasteiger partial charge is 0.408 e. The van der Waals surface area contributed by atoms with E-state index in [1.54, 1.807) is 33.0 Å². The monoisotopic (exact) mass is 603 g/mol. The first kappa shape index (κ1) is 31.4. The van der Waals surface area contributed by atoms with Gasteiger partial charge in [-0.3, -0.25) is 4.98 Å². The molecule has 3 aromatic rings. The fourth-order valence-corrected chi connectivity index (χ4v) is 6.11. The standard InChI is InChI=1S/C34H42FN5O4/c1-18-9-8-10-23(35)28(18)29-19(2)11-13-24(38-29)21(4)37-25-15-36-30-22(12-14-27(30)41)31(25)40-16-20(3)32(42)26(17-40)39-33(43)44-34(5,6)7/h8-11,13,15,20,26-27,32,37,41-42H,4,12,14,16-17H2,1-3,5-7H3,(H,39,43)/t20-,26+,27?,32+/m0/s1. The number of anilines is 2. The number of halogens is 1. The van der Waals surface area contributed by atoms with Crippen molar-refractivity contribution in [2.45, 2.75) is 78.2 Å². The van der Waals surface area contributed by atoms with Crippen LogP contribution in [0.2, 0.25) is 0 Å². The van der Waals surface area contributed by atoms with Crippen LogP contribution in [0.4, 0.5) is 20.6 Å². The fourth-order valence-electron chi connectivity index (χ4n) is 6.11. The second-order valence-electron chi connectivity index (χ2n) is 13.0. The maximum atomic E-state index is 14.9. The number of aromatic nitrogens is 2. The number of hydrogen-bond donors (Lipinski definition) is 4. The Balaban J connectivity index is 1.48. The normalized spacial score (nSPS) is 21.5. The SMILES string of the molecule is C=C(Nc1cnc2c(c1N1C[C@H](C)[C@@H](O)[C@H](NC(=O)OC(C)(C)C)C1)CCC2O)c1ccc(C)c(-c2c(C)cccc2F)n1. The Labute approximate surface area is 258 Å². The number of amides is 1. The average molecular weight is 604 g/mol. The van der Waals surface area contributed by atoms with Crippen LogP contribution in [0.15, 0.2) is 43.1 Å². The molecule has 234 valence electrons. The van der Waals surface area contributed by atoms with E-state index in [1.165, 1.54) is 6.07 Å². The van der Waals surface area contributed by atoms with E-state index in [4.69, 9.17) is 9.72 Å². The quantitative estimate of drug-likeness (QED) is 0.285. The summed E-state index contributed by atoms with van der Waals surface area (Å²) in [6, 6.07) is 8.12. The number of nitrogens with zero attached hydrogens (tertiary/aromatic N) is 3. The number of ether oxygens (including phenoxy) is 1. The van der Waals surface area contributed by atoms with Gasteiger partial charge in [-0.25, -0.2) is 14.2 Å². The minimum absolute atomic E-state index is 0.180. The lowest BCUT2D eigenvalue weighted by atomic mass is 9.91. The number of nitrogens with one attached hydrogen (secondary N) is 2. The van der Waals surface area contributed by atoms with Crippen molar-refractivity contribution in [1.82, 2.24) is 15.3 Å². The number of aliphatic hydroxyl groups excluding tert-OH is 2. The van der Waals surface area contributed by atoms with Crippen LogP contribution < -0.4 is 15.5 Å². The van der Waals surface area contributed by atoms with E-state index in [1.807, 2.05) is 39.0 Å². The zero-order valence-electron chi connectivity index (χ0n) is 26.2. The van der Waals surface area contributed by atoms with Crippen LogP contribution in [-0.2, 0) is 11.2 Å². The molecule has 0 spiro atoms. The second kappa shape index (κ2) is 12.2. The van der Waals surface area contributed by atoms with Gasteiger partial charge in [-0.1, -0.05) is 31.7 Å². The molecule has 2 aliphatic rings. The van der Waals surface area contributed by atoms with E-state index >= 15 is 0 Å². The molecule has 1 fully saturated rings. The molecule has 4 N–H and O–H groups in total. The van der Waals surface area contributed by atoms with Gasteiger partial charge in [0.25, 0.3) is 0 Å². The molecular weight excluding hydrogens is 561 g/mol. The fraction of sp³-hybridized carbons (Fsp3) is 0.441. The Morgan fingerprint density at radius 2 is 1.89 bits per heavy atom. The van der Waals surface area contributed by atoms with Crippen LogP contribution in [0.25, 0.3) is 17.0 Å². The molecule has 9 nitrogen and oxygen atoms in total. The van der Waals surface area contributed by atoms with Gasteiger partial charge in [0.05, 0.1) is 58.6 Å². The summed E-state index contributed by atoms with van der Waals surface area (Å²) in [4.78, 5) is 24.2. The summed E-state index contributed by atoms with van der Waals surface area (Å²) < 4.78 is 20.4. The first-order valence-electron chi connectivity index (χ1n) is 15.0. The zero-order chi connectivity index (χ0) is 31.9. The maximum Gasteiger partial charge on any atom is 0.408 e. The van der Waals surface area contributed by atoms with E-state index < -0.39 is 29.9 Å². The molecule has 4 atom stereocenters. The largest absolute Gasteiger partial charge is 0.444 e. The summed E-state index contributed by atoms with van der Waals surface area (Å²) in [5.74, 6) is -0.517. The molecule has 0 saturated carbocycles. The molecule has 1 amide bonds. The molecule has 1 aliphatic heterocycles. The highest BCUT2D eigenvalue weighted by Crippen LogP contribution is 2.42. The van der Waals surface area contributed by atoms with E-state index in [9.17, 15) is 19.4 Å². The second-order valence-corrected chi connectivity index (χ2v) is 13.0. The van der Waals surface area contributed by atoms with Gasteiger partial charge in [0.15, 0.2) is 0 Å². The van der Waals surface area contributed by atoms with Crippen molar-refractivity contribution < 1.29 is 24.1 Å². The molecule has 5 rings (SSSR count). The highest BCUT2D eigenvalue weighted by Gasteiger charge is 2.38. The van der Waals surface area contributed by atoms with E-state index in [-0.39, 0.29) is 11.7 Å². The molecule has 1 saturated heterocycles. The van der Waals surface area contributed by atoms with E-state index in [0.29, 0.717) is 60.0 Å². The Bertz CT molecular complexity index is 1570. The summed E-state index contributed by atoms with van der Waals surface area (Å²) in [5.41, 5.74) is 6.03. The summed E-state index contributed by atoms with van der Waals surface area (Å²) >= 11 is 0. The molecular formula is C34H42FN5O4. The van der Waals surface area contributed by atoms with Crippen molar-refractivity contribution in [3.63, 3.8) is 0 Å². The average Bonchev–Trinajstić information content (AvgIpc) is 3.31. The topological polar surface area (TPSA) is 120 Å². The Kier molecular flexibility index (Phi) is 8.68. The zero-order valence-corrected chi connectivity index (χ0v) is 26.2. The number of aliphatic hydroxyl groups is 2. The van der Waals surface area contributed by atoms with Gasteiger partial charge in [0.1, 0.15) is 11.4 Å². The minimum atomic E-state index is -0.775. The number of hydrogen-bond acceptors (Lipinski definition) is 8. The maximum absolute atomic E-state index is 14.9. The van der Waals surface area contributed by atoms with Gasteiger partial charge in [-0.05, 0) is 70.7 Å². The molecule has 1 aliphatic carbocycles. The van der Waals surface area contributed by atoms with E-state index in [2.05, 4.69) is 27.1 Å². The van der Waals surface area contributed by atoms with Crippen LogP contribution in [0, 0.1) is 25.6 Å². The third-order valence-electron chi connectivity index (χ3n) is 8.26. The number of rotatable bonds is 6. The summed E-state index contributed by atoms with van der Waals surface area (Å²) in [6.45, 7) is 16.2. The van der Waals surface area contributed by atoms with Crippen molar-refractivity contribution >= 4 is 23.2 Å². The van der Waals surface area contributed by atoms with Crippen molar-refractivity contribution in [1.29, 1.82) is 0 Å². The number of fused-ring (bicyclic) bond motifs is 1. The Hall–Kier alpha value is -4.02. The number of carbonyl (C=O) groups is 1. The van der Waals surface area contributed by atoms with Gasteiger partial charge in [0, 0.05) is 30.1 Å². The highest BCUT2D eigenvalue weighted by atomic mass is 19.1. The third-order valence-corrected chi connectivity index (χ3v) is 8.26. The number of carbonyl (C=O) groups excluding carboxylic acids is 1. The minimum Gasteiger partial charge on any atom is -0.444 e. The molecule has 10 heteroatoms. The summed E-state index contributed by atoms with van der Waals surface area (Å²) in [6.07, 6.45) is 0.811. The number of benzene rings is 1. The van der Waals surface area contributed by atoms with Crippen LogP contribution in [0.1, 0.15) is 68.3 Å². The van der Waals surface area contributed by atoms with Crippen LogP contribution in [0.5, 0.6) is 0 Å². The van der Waals surface area contributed by atoms with Gasteiger partial charge < -0.3 is 30.5 Å². The van der Waals surface area contributed by atoms with Gasteiger partial charge in [-0.2, -0.15) is 0 Å². The van der Waals surface area contributed by atoms with Crippen LogP contribution >= 0.6 is 0 Å². The molecule has 1 unspecified atom stereocenters. The van der Waals surface area contributed by atoms with Crippen LogP contribution in [0.3, 0.4) is 0 Å². The predicted octanol–water partition coefficient (Wildman–Crippen LogP) is 5.67. The summed E-state index contributed by atoms with van der Waals surface area (Å²) in [7, 11) is 0. The van der Waals surface area contributed by atoms with Crippen molar-refractivity contribution in [2.75, 3.05) is 23.3 Å². The Morgan fingerprint density at radius 1 is 1.14 bits per heavy atom. The highest BCUT2D eigenvalue weighted by molar-refractivity contribution is 5.84. The molecule has 44 heavy (non-hydrogen) atoms. The van der Waals surface area contributed by atoms with Crippen LogP contribution in [-0.4, -0.2) is 57.1 Å². The molecule has 2 aromatic heterocycles. The first-order valence-corrected chi connectivity index (χ1v) is 15.0. The number of piperidine rings is 1. The Morgan fingerprint density at radius 3 is 2.59 bits per heavy atom. The third kappa shape index (κ3) is 6.42. The van der Waals surface area contributed by atoms with Crippen molar-refractivity contribution in [2.24, 2.45) is 5.92 Å². The lowest BCUT2D eigenvalue weighted by Gasteiger charge is -2.43.